The van der Waals surface area contributed by atoms with E-state index in [4.69, 9.17) is 0 Å². The highest BCUT2D eigenvalue weighted by molar-refractivity contribution is 5.93. The fourth-order valence-corrected chi connectivity index (χ4v) is 0.931. The monoisotopic (exact) mass is 162 g/mol. The van der Waals surface area contributed by atoms with E-state index in [1.807, 2.05) is 26.0 Å². The van der Waals surface area contributed by atoms with Gasteiger partial charge in [-0.3, -0.25) is 4.79 Å². The van der Waals surface area contributed by atoms with Crippen molar-refractivity contribution in [2.45, 2.75) is 13.8 Å². The summed E-state index contributed by atoms with van der Waals surface area (Å²) in [4.78, 5) is 11.2. The van der Waals surface area contributed by atoms with Crippen LogP contribution in [0.25, 0.3) is 0 Å². The fourth-order valence-electron chi connectivity index (χ4n) is 0.931. The quantitative estimate of drug-likeness (QED) is 0.652. The molecule has 0 unspecified atom stereocenters. The first-order valence-electron chi connectivity index (χ1n) is 4.02. The number of amides is 1. The highest BCUT2D eigenvalue weighted by atomic mass is 16.1. The molecule has 2 nitrogen and oxygen atoms in total. The summed E-state index contributed by atoms with van der Waals surface area (Å²) in [5, 5.41) is 3.79. The van der Waals surface area contributed by atoms with Crippen LogP contribution in [-0.2, 0) is 0 Å². The maximum Gasteiger partial charge on any atom is 0.272 e. The Morgan fingerprint density at radius 2 is 1.92 bits per heavy atom. The molecular formula is C10H12NO. The van der Waals surface area contributed by atoms with E-state index < -0.39 is 0 Å². The maximum absolute atomic E-state index is 11.2. The molecule has 1 aromatic carbocycles. The molecule has 0 aliphatic heterocycles. The van der Waals surface area contributed by atoms with Gasteiger partial charge in [-0.1, -0.05) is 17.7 Å². The first-order chi connectivity index (χ1) is 5.74. The Labute approximate surface area is 72.6 Å². The van der Waals surface area contributed by atoms with E-state index in [0.29, 0.717) is 12.1 Å². The first kappa shape index (κ1) is 8.78. The Balaban J connectivity index is 2.75. The number of hydrogen-bond donors (Lipinski definition) is 0. The normalized spacial score (nSPS) is 9.50. The molecule has 0 bridgehead atoms. The summed E-state index contributed by atoms with van der Waals surface area (Å²) in [5.41, 5.74) is 1.82. The van der Waals surface area contributed by atoms with Crippen LogP contribution in [0.4, 0.5) is 0 Å². The van der Waals surface area contributed by atoms with Gasteiger partial charge in [-0.15, -0.1) is 0 Å². The summed E-state index contributed by atoms with van der Waals surface area (Å²) < 4.78 is 0. The molecule has 0 aliphatic carbocycles. The third-order valence-electron chi connectivity index (χ3n) is 1.60. The van der Waals surface area contributed by atoms with Gasteiger partial charge >= 0.3 is 0 Å². The lowest BCUT2D eigenvalue weighted by Gasteiger charge is -1.98. The van der Waals surface area contributed by atoms with Gasteiger partial charge in [0.2, 0.25) is 0 Å². The second kappa shape index (κ2) is 3.90. The second-order valence-electron chi connectivity index (χ2n) is 2.65. The summed E-state index contributed by atoms with van der Waals surface area (Å²) in [6.45, 7) is 4.39. The van der Waals surface area contributed by atoms with E-state index in [9.17, 15) is 4.79 Å². The smallest absolute Gasteiger partial charge is 0.267 e. The largest absolute Gasteiger partial charge is 0.272 e. The first-order valence-corrected chi connectivity index (χ1v) is 4.02. The van der Waals surface area contributed by atoms with Gasteiger partial charge in [0.15, 0.2) is 0 Å². The average molecular weight is 162 g/mol. The molecule has 2 heteroatoms. The minimum absolute atomic E-state index is 0.127. The molecule has 0 atom stereocenters. The lowest BCUT2D eigenvalue weighted by atomic mass is 10.1. The van der Waals surface area contributed by atoms with Crippen LogP contribution < -0.4 is 5.32 Å². The zero-order valence-corrected chi connectivity index (χ0v) is 7.37. The molecule has 63 valence electrons. The van der Waals surface area contributed by atoms with Crippen molar-refractivity contribution in [2.75, 3.05) is 6.54 Å². The van der Waals surface area contributed by atoms with Crippen LogP contribution in [0.15, 0.2) is 24.3 Å². The van der Waals surface area contributed by atoms with Gasteiger partial charge in [-0.25, -0.2) is 5.32 Å². The zero-order chi connectivity index (χ0) is 8.97. The zero-order valence-electron chi connectivity index (χ0n) is 7.37. The predicted molar refractivity (Wildman–Crippen MR) is 48.2 cm³/mol. The number of nitrogens with zero attached hydrogens (tertiary/aromatic N) is 1. The molecule has 0 N–H and O–H groups in total. The predicted octanol–water partition coefficient (Wildman–Crippen LogP) is 1.76. The van der Waals surface area contributed by atoms with Gasteiger partial charge < -0.3 is 0 Å². The lowest BCUT2D eigenvalue weighted by Crippen LogP contribution is -2.14. The van der Waals surface area contributed by atoms with Crippen LogP contribution in [0.5, 0.6) is 0 Å². The van der Waals surface area contributed by atoms with Gasteiger partial charge in [0.05, 0.1) is 0 Å². The SMILES string of the molecule is CC[N]C(=O)c1ccc(C)cc1. The molecule has 12 heavy (non-hydrogen) atoms. The standard InChI is InChI=1S/C10H12NO/c1-3-11-10(12)9-6-4-8(2)5-7-9/h4-7H,3H2,1-2H3. The summed E-state index contributed by atoms with van der Waals surface area (Å²) in [6, 6.07) is 7.44. The van der Waals surface area contributed by atoms with Crippen LogP contribution in [-0.4, -0.2) is 12.5 Å². The molecule has 0 fully saturated rings. The third-order valence-corrected chi connectivity index (χ3v) is 1.60. The summed E-state index contributed by atoms with van der Waals surface area (Å²) in [7, 11) is 0. The Morgan fingerprint density at radius 3 is 2.42 bits per heavy atom. The Morgan fingerprint density at radius 1 is 1.33 bits per heavy atom. The van der Waals surface area contributed by atoms with Crippen LogP contribution >= 0.6 is 0 Å². The van der Waals surface area contributed by atoms with Crippen LogP contribution in [0, 0.1) is 6.92 Å². The average Bonchev–Trinajstić information content (AvgIpc) is 2.06. The third kappa shape index (κ3) is 2.09. The molecule has 0 heterocycles. The Bertz CT molecular complexity index is 264. The van der Waals surface area contributed by atoms with Gasteiger partial charge in [-0.05, 0) is 26.0 Å². The van der Waals surface area contributed by atoms with Crippen molar-refractivity contribution in [2.24, 2.45) is 0 Å². The van der Waals surface area contributed by atoms with Crippen molar-refractivity contribution >= 4 is 5.91 Å². The summed E-state index contributed by atoms with van der Waals surface area (Å²) in [6.07, 6.45) is 0. The Kier molecular flexibility index (Phi) is 2.86. The fraction of sp³-hybridized carbons (Fsp3) is 0.300. The number of carbonyl (C=O) groups excluding carboxylic acids is 1. The van der Waals surface area contributed by atoms with E-state index in [2.05, 4.69) is 5.32 Å². The van der Waals surface area contributed by atoms with E-state index in [0.717, 1.165) is 5.56 Å². The van der Waals surface area contributed by atoms with Gasteiger partial charge in [-0.2, -0.15) is 0 Å². The van der Waals surface area contributed by atoms with Crippen molar-refractivity contribution in [3.63, 3.8) is 0 Å². The molecule has 1 rings (SSSR count). The number of benzene rings is 1. The molecule has 1 aromatic rings. The van der Waals surface area contributed by atoms with E-state index >= 15 is 0 Å². The minimum atomic E-state index is -0.127. The van der Waals surface area contributed by atoms with E-state index in [1.54, 1.807) is 12.1 Å². The summed E-state index contributed by atoms with van der Waals surface area (Å²) >= 11 is 0. The molecule has 0 aliphatic rings. The van der Waals surface area contributed by atoms with Crippen LogP contribution in [0.1, 0.15) is 22.8 Å². The highest BCUT2D eigenvalue weighted by Crippen LogP contribution is 2.02. The van der Waals surface area contributed by atoms with Crippen LogP contribution in [0.2, 0.25) is 0 Å². The van der Waals surface area contributed by atoms with Crippen molar-refractivity contribution in [1.29, 1.82) is 0 Å². The summed E-state index contributed by atoms with van der Waals surface area (Å²) in [5.74, 6) is -0.127. The molecule has 0 saturated carbocycles. The maximum atomic E-state index is 11.2. The number of aryl methyl sites for hydroxylation is 1. The molecule has 0 saturated heterocycles. The van der Waals surface area contributed by atoms with E-state index in [-0.39, 0.29) is 5.91 Å². The Hall–Kier alpha value is -1.31. The van der Waals surface area contributed by atoms with Crippen molar-refractivity contribution in [3.05, 3.63) is 35.4 Å². The lowest BCUT2D eigenvalue weighted by molar-refractivity contribution is 0.0951. The second-order valence-corrected chi connectivity index (χ2v) is 2.65. The highest BCUT2D eigenvalue weighted by Gasteiger charge is 2.03. The number of hydrogen-bond acceptors (Lipinski definition) is 1. The minimum Gasteiger partial charge on any atom is -0.267 e. The molecular weight excluding hydrogens is 150 g/mol. The topological polar surface area (TPSA) is 31.2 Å². The van der Waals surface area contributed by atoms with Gasteiger partial charge in [0.25, 0.3) is 5.91 Å². The van der Waals surface area contributed by atoms with Gasteiger partial charge in [0.1, 0.15) is 0 Å². The molecule has 1 radical (unpaired) electrons. The van der Waals surface area contributed by atoms with Crippen molar-refractivity contribution < 1.29 is 4.79 Å². The van der Waals surface area contributed by atoms with Crippen molar-refractivity contribution in [3.8, 4) is 0 Å². The molecule has 1 amide bonds. The van der Waals surface area contributed by atoms with E-state index in [1.165, 1.54) is 0 Å². The van der Waals surface area contributed by atoms with Crippen molar-refractivity contribution in [1.82, 2.24) is 5.32 Å². The van der Waals surface area contributed by atoms with Crippen LogP contribution in [0.3, 0.4) is 0 Å². The molecule has 0 aromatic heterocycles. The molecule has 0 spiro atoms. The number of rotatable bonds is 2. The number of carbonyl (C=O) groups is 1. The van der Waals surface area contributed by atoms with Gasteiger partial charge in [0, 0.05) is 12.1 Å².